The number of ketones is 1. The number of carbonyl (C=O) groups excluding carboxylic acids is 5. The third-order valence-corrected chi connectivity index (χ3v) is 7.82. The third kappa shape index (κ3) is 8.51. The molecule has 1 fully saturated rings. The van der Waals surface area contributed by atoms with Crippen molar-refractivity contribution < 1.29 is 33.4 Å². The Bertz CT molecular complexity index is 1140. The number of carbonyl (C=O) groups is 5. The van der Waals surface area contributed by atoms with Crippen molar-refractivity contribution >= 4 is 29.4 Å². The predicted octanol–water partition coefficient (Wildman–Crippen LogP) is 1.65. The van der Waals surface area contributed by atoms with E-state index in [1.807, 2.05) is 58.9 Å². The Morgan fingerprint density at radius 3 is 2.61 bits per heavy atom. The van der Waals surface area contributed by atoms with Crippen molar-refractivity contribution in [2.75, 3.05) is 13.2 Å². The summed E-state index contributed by atoms with van der Waals surface area (Å²) in [5.41, 5.74) is 5.33. The smallest absolute Gasteiger partial charge is 0.287 e. The lowest BCUT2D eigenvalue weighted by atomic mass is 9.96. The van der Waals surface area contributed by atoms with E-state index >= 15 is 0 Å². The number of nitrogens with one attached hydrogen (secondary N) is 2. The Hall–Kier alpha value is -3.47. The lowest BCUT2D eigenvalue weighted by Crippen LogP contribution is -2.57. The van der Waals surface area contributed by atoms with E-state index in [0.29, 0.717) is 31.6 Å². The number of nitrogens with zero attached hydrogens (tertiary/aromatic N) is 1. The highest BCUT2D eigenvalue weighted by molar-refractivity contribution is 6.37. The quantitative estimate of drug-likeness (QED) is 0.400. The Morgan fingerprint density at radius 1 is 1.22 bits per heavy atom. The van der Waals surface area contributed by atoms with Gasteiger partial charge in [0.05, 0.1) is 30.8 Å². The fraction of sp³-hybridized carbons (Fsp3) is 0.633. The van der Waals surface area contributed by atoms with Gasteiger partial charge in [-0.1, -0.05) is 45.7 Å². The molecule has 0 aliphatic carbocycles. The molecule has 2 aliphatic rings. The second-order valence-corrected chi connectivity index (χ2v) is 11.7. The maximum absolute atomic E-state index is 14.1. The van der Waals surface area contributed by atoms with Gasteiger partial charge in [0.15, 0.2) is 0 Å². The molecule has 0 saturated carbocycles. The minimum atomic E-state index is -1.13. The summed E-state index contributed by atoms with van der Waals surface area (Å²) < 4.78 is 12.4. The standard InChI is InChI=1S/C30H44N4O7/c1-6-9-22(26(36)27(31)37)32-28(38)23-16-21-17-34(23)29(39)25(18(3)7-2)33-24(35)15-19-10-8-11-20(14-19)40-13-12-30(4,5)41-21/h8,10-11,14,18,21-23,25H,6-7,9,12-13,15-17H2,1-5H3,(H2,31,37)(H,32,38)(H,33,35)/t18?,21-,22?,23?,25+/m1/s1. The highest BCUT2D eigenvalue weighted by atomic mass is 16.5. The van der Waals surface area contributed by atoms with E-state index in [9.17, 15) is 24.0 Å². The molecule has 0 radical (unpaired) electrons. The number of ether oxygens (including phenoxy) is 2. The molecule has 2 aliphatic heterocycles. The number of rotatable bonds is 8. The van der Waals surface area contributed by atoms with Crippen LogP contribution in [-0.4, -0.2) is 77.3 Å². The summed E-state index contributed by atoms with van der Waals surface area (Å²) in [7, 11) is 0. The number of nitrogens with two attached hydrogens (primary N) is 1. The molecule has 11 nitrogen and oxygen atoms in total. The number of fused-ring (bicyclic) bond motifs is 4. The monoisotopic (exact) mass is 572 g/mol. The van der Waals surface area contributed by atoms with Gasteiger partial charge < -0.3 is 30.7 Å². The average Bonchev–Trinajstić information content (AvgIpc) is 3.32. The van der Waals surface area contributed by atoms with Gasteiger partial charge in [-0.25, -0.2) is 0 Å². The highest BCUT2D eigenvalue weighted by Gasteiger charge is 2.45. The van der Waals surface area contributed by atoms with Crippen LogP contribution in [0.25, 0.3) is 0 Å². The average molecular weight is 573 g/mol. The van der Waals surface area contributed by atoms with Crippen molar-refractivity contribution in [2.24, 2.45) is 11.7 Å². The van der Waals surface area contributed by atoms with Gasteiger partial charge in [-0.2, -0.15) is 0 Å². The molecular formula is C30H44N4O7. The van der Waals surface area contributed by atoms with E-state index in [4.69, 9.17) is 15.2 Å². The maximum Gasteiger partial charge on any atom is 0.287 e. The minimum absolute atomic E-state index is 0.0620. The molecule has 4 amide bonds. The van der Waals surface area contributed by atoms with E-state index in [2.05, 4.69) is 10.6 Å². The Morgan fingerprint density at radius 2 is 1.95 bits per heavy atom. The molecule has 3 unspecified atom stereocenters. The van der Waals surface area contributed by atoms with Crippen LogP contribution in [0.5, 0.6) is 5.75 Å². The van der Waals surface area contributed by atoms with Crippen molar-refractivity contribution in [3.05, 3.63) is 29.8 Å². The van der Waals surface area contributed by atoms with Crippen molar-refractivity contribution in [3.63, 3.8) is 0 Å². The number of amides is 4. The fourth-order valence-electron chi connectivity index (χ4n) is 5.31. The molecule has 1 saturated heterocycles. The molecule has 0 spiro atoms. The Balaban J connectivity index is 1.95. The van der Waals surface area contributed by atoms with Crippen LogP contribution in [0.4, 0.5) is 0 Å². The number of hydrogen-bond donors (Lipinski definition) is 3. The van der Waals surface area contributed by atoms with Gasteiger partial charge in [-0.05, 0) is 43.9 Å². The number of primary amides is 1. The summed E-state index contributed by atoms with van der Waals surface area (Å²) in [5.74, 6) is -2.87. The van der Waals surface area contributed by atoms with Gasteiger partial charge in [0.25, 0.3) is 5.91 Å². The summed E-state index contributed by atoms with van der Waals surface area (Å²) in [6.45, 7) is 9.98. The molecule has 4 N–H and O–H groups in total. The summed E-state index contributed by atoms with van der Waals surface area (Å²) in [6.07, 6.45) is 1.69. The topological polar surface area (TPSA) is 157 Å². The van der Waals surface area contributed by atoms with Gasteiger partial charge in [0, 0.05) is 19.4 Å². The molecule has 0 aromatic heterocycles. The second-order valence-electron chi connectivity index (χ2n) is 11.7. The van der Waals surface area contributed by atoms with Crippen LogP contribution in [0.2, 0.25) is 0 Å². The minimum Gasteiger partial charge on any atom is -0.493 e. The first-order valence-electron chi connectivity index (χ1n) is 14.5. The molecule has 1 aromatic carbocycles. The van der Waals surface area contributed by atoms with Gasteiger partial charge >= 0.3 is 0 Å². The van der Waals surface area contributed by atoms with Crippen molar-refractivity contribution in [1.29, 1.82) is 0 Å². The molecule has 11 heteroatoms. The number of benzene rings is 1. The molecule has 4 bridgehead atoms. The lowest BCUT2D eigenvalue weighted by molar-refractivity contribution is -0.144. The van der Waals surface area contributed by atoms with E-state index in [1.165, 1.54) is 4.90 Å². The summed E-state index contributed by atoms with van der Waals surface area (Å²) in [4.78, 5) is 66.2. The van der Waals surface area contributed by atoms with Crippen molar-refractivity contribution in [1.82, 2.24) is 15.5 Å². The summed E-state index contributed by atoms with van der Waals surface area (Å²) in [5, 5.41) is 5.56. The van der Waals surface area contributed by atoms with Gasteiger partial charge in [0.1, 0.15) is 17.8 Å². The maximum atomic E-state index is 14.1. The van der Waals surface area contributed by atoms with E-state index in [-0.39, 0.29) is 37.6 Å². The van der Waals surface area contributed by atoms with Crippen LogP contribution in [0, 0.1) is 5.92 Å². The van der Waals surface area contributed by atoms with E-state index in [0.717, 1.165) is 5.56 Å². The Kier molecular flexibility index (Phi) is 10.9. The molecule has 226 valence electrons. The highest BCUT2D eigenvalue weighted by Crippen LogP contribution is 2.29. The molecule has 3 rings (SSSR count). The summed E-state index contributed by atoms with van der Waals surface area (Å²) >= 11 is 0. The number of Topliss-reactive ketones (excluding diaryl/α,β-unsaturated/α-hetero) is 1. The van der Waals surface area contributed by atoms with Crippen LogP contribution in [0.15, 0.2) is 24.3 Å². The zero-order chi connectivity index (χ0) is 30.3. The van der Waals surface area contributed by atoms with Crippen LogP contribution >= 0.6 is 0 Å². The second kappa shape index (κ2) is 13.9. The largest absolute Gasteiger partial charge is 0.493 e. The molecule has 5 atom stereocenters. The van der Waals surface area contributed by atoms with Crippen LogP contribution in [-0.2, 0) is 35.1 Å². The van der Waals surface area contributed by atoms with Crippen LogP contribution < -0.4 is 21.1 Å². The first kappa shape index (κ1) is 32.0. The fourth-order valence-corrected chi connectivity index (χ4v) is 5.31. The first-order chi connectivity index (χ1) is 19.3. The molecular weight excluding hydrogens is 528 g/mol. The lowest BCUT2D eigenvalue weighted by Gasteiger charge is -2.32. The van der Waals surface area contributed by atoms with E-state index in [1.54, 1.807) is 0 Å². The van der Waals surface area contributed by atoms with Crippen molar-refractivity contribution in [2.45, 2.75) is 103 Å². The molecule has 1 aromatic rings. The number of hydrogen-bond acceptors (Lipinski definition) is 7. The Labute approximate surface area is 241 Å². The SMILES string of the molecule is CCCC(NC(=O)C1C[C@@H]2CN1C(=O)[C@H](C(C)CC)NC(=O)Cc1cccc(c1)OCCC(C)(C)O2)C(=O)C(N)=O. The molecule has 2 heterocycles. The summed E-state index contributed by atoms with van der Waals surface area (Å²) in [6, 6.07) is 4.37. The van der Waals surface area contributed by atoms with Crippen LogP contribution in [0.1, 0.15) is 72.3 Å². The van der Waals surface area contributed by atoms with Gasteiger partial charge in [-0.3, -0.25) is 24.0 Å². The zero-order valence-corrected chi connectivity index (χ0v) is 24.7. The normalized spacial score (nSPS) is 24.5. The van der Waals surface area contributed by atoms with Crippen molar-refractivity contribution in [3.8, 4) is 5.75 Å². The van der Waals surface area contributed by atoms with E-state index < -0.39 is 53.3 Å². The van der Waals surface area contributed by atoms with Gasteiger partial charge in [-0.15, -0.1) is 0 Å². The predicted molar refractivity (Wildman–Crippen MR) is 152 cm³/mol. The van der Waals surface area contributed by atoms with Gasteiger partial charge in [0.2, 0.25) is 23.5 Å². The first-order valence-corrected chi connectivity index (χ1v) is 14.5. The van der Waals surface area contributed by atoms with Crippen LogP contribution in [0.3, 0.4) is 0 Å². The third-order valence-electron chi connectivity index (χ3n) is 7.82. The zero-order valence-electron chi connectivity index (χ0n) is 24.7. The molecule has 41 heavy (non-hydrogen) atoms.